The van der Waals surface area contributed by atoms with Crippen molar-refractivity contribution in [3.05, 3.63) is 94.5 Å². The van der Waals surface area contributed by atoms with Crippen LogP contribution in [0, 0.1) is 5.92 Å². The number of nitrogens with zero attached hydrogens (tertiary/aromatic N) is 3. The summed E-state index contributed by atoms with van der Waals surface area (Å²) >= 11 is 7.46. The molecule has 2 amide bonds. The topological polar surface area (TPSA) is 129 Å². The third-order valence-corrected chi connectivity index (χ3v) is 10.6. The molecular weight excluding hydrogens is 636 g/mol. The van der Waals surface area contributed by atoms with Crippen LogP contribution in [0.1, 0.15) is 34.6 Å². The van der Waals surface area contributed by atoms with Crippen molar-refractivity contribution in [3.63, 3.8) is 0 Å². The number of aliphatic hydroxyl groups excluding tert-OH is 1. The Balaban J connectivity index is 1.47. The third-order valence-electron chi connectivity index (χ3n) is 7.72. The second kappa shape index (κ2) is 13.7. The molecule has 0 spiro atoms. The molecule has 3 aromatic carbocycles. The minimum Gasteiger partial charge on any atom is -0.486 e. The van der Waals surface area contributed by atoms with Gasteiger partial charge in [0, 0.05) is 47.2 Å². The van der Waals surface area contributed by atoms with E-state index in [4.69, 9.17) is 16.3 Å². The zero-order chi connectivity index (χ0) is 32.3. The maximum Gasteiger partial charge on any atom is 0.258 e. The lowest BCUT2D eigenvalue weighted by molar-refractivity contribution is 0.0388. The summed E-state index contributed by atoms with van der Waals surface area (Å²) in [6.45, 7) is 3.48. The molecule has 1 aliphatic heterocycles. The zero-order valence-electron chi connectivity index (χ0n) is 24.9. The first-order chi connectivity index (χ1) is 21.5. The van der Waals surface area contributed by atoms with Gasteiger partial charge < -0.3 is 20.1 Å². The van der Waals surface area contributed by atoms with Crippen molar-refractivity contribution in [1.82, 2.24) is 14.2 Å². The smallest absolute Gasteiger partial charge is 0.258 e. The molecular formula is C32H33ClN4O6S2. The van der Waals surface area contributed by atoms with Crippen molar-refractivity contribution in [1.29, 1.82) is 0 Å². The molecule has 0 bridgehead atoms. The van der Waals surface area contributed by atoms with Gasteiger partial charge in [0.15, 0.2) is 5.75 Å². The first kappa shape index (κ1) is 32.6. The fraction of sp³-hybridized carbons (Fsp3) is 0.281. The number of likely N-dealkylation sites (N-methyl/N-ethyl adjacent to an activating group) is 1. The van der Waals surface area contributed by atoms with Gasteiger partial charge in [-0.2, -0.15) is 4.31 Å². The Kier molecular flexibility index (Phi) is 9.90. The lowest BCUT2D eigenvalue weighted by Gasteiger charge is -2.38. The molecule has 13 heteroatoms. The van der Waals surface area contributed by atoms with E-state index < -0.39 is 28.1 Å². The summed E-state index contributed by atoms with van der Waals surface area (Å²) in [5.41, 5.74) is 1.72. The summed E-state index contributed by atoms with van der Waals surface area (Å²) in [6, 6.07) is 17.2. The van der Waals surface area contributed by atoms with Gasteiger partial charge in [-0.3, -0.25) is 9.59 Å². The molecule has 0 fully saturated rings. The molecule has 4 aromatic rings. The van der Waals surface area contributed by atoms with Crippen molar-refractivity contribution >= 4 is 50.5 Å². The summed E-state index contributed by atoms with van der Waals surface area (Å²) in [5, 5.41) is 16.0. The van der Waals surface area contributed by atoms with Crippen LogP contribution in [0.3, 0.4) is 0 Å². The number of carbonyl (C=O) groups excluding carboxylic acids is 2. The molecule has 2 N–H and O–H groups in total. The second-order valence-electron chi connectivity index (χ2n) is 10.9. The van der Waals surface area contributed by atoms with Crippen LogP contribution in [0.25, 0.3) is 10.6 Å². The average molecular weight is 669 g/mol. The number of ether oxygens (including phenoxy) is 1. The molecule has 5 rings (SSSR count). The number of fused-ring (bicyclic) bond motifs is 1. The average Bonchev–Trinajstić information content (AvgIpc) is 3.58. The Hall–Kier alpha value is -3.81. The number of hydrogen-bond donors (Lipinski definition) is 2. The van der Waals surface area contributed by atoms with Gasteiger partial charge in [0.05, 0.1) is 35.3 Å². The van der Waals surface area contributed by atoms with Gasteiger partial charge in [-0.1, -0.05) is 36.7 Å². The predicted octanol–water partition coefficient (Wildman–Crippen LogP) is 5.26. The molecule has 0 unspecified atom stereocenters. The van der Waals surface area contributed by atoms with Crippen LogP contribution in [0.5, 0.6) is 5.75 Å². The number of thiazole rings is 1. The number of sulfonamides is 1. The number of halogens is 1. The van der Waals surface area contributed by atoms with E-state index in [0.29, 0.717) is 10.6 Å². The molecule has 0 saturated heterocycles. The van der Waals surface area contributed by atoms with E-state index in [1.54, 1.807) is 48.4 Å². The van der Waals surface area contributed by atoms with Gasteiger partial charge in [-0.15, -0.1) is 11.3 Å². The summed E-state index contributed by atoms with van der Waals surface area (Å²) in [6.07, 6.45) is 0.986. The highest BCUT2D eigenvalue weighted by molar-refractivity contribution is 7.89. The number of nitrogens with one attached hydrogen (secondary N) is 1. The zero-order valence-corrected chi connectivity index (χ0v) is 27.3. The van der Waals surface area contributed by atoms with Gasteiger partial charge in [0.25, 0.3) is 11.8 Å². The summed E-state index contributed by atoms with van der Waals surface area (Å²) in [5.74, 6) is -1.02. The summed E-state index contributed by atoms with van der Waals surface area (Å²) < 4.78 is 34.5. The highest BCUT2D eigenvalue weighted by Gasteiger charge is 2.36. The van der Waals surface area contributed by atoms with Crippen LogP contribution in [-0.2, 0) is 10.0 Å². The Morgan fingerprint density at radius 2 is 1.89 bits per heavy atom. The monoisotopic (exact) mass is 668 g/mol. The number of benzene rings is 3. The van der Waals surface area contributed by atoms with Crippen LogP contribution in [0.15, 0.2) is 83.2 Å². The number of carbonyl (C=O) groups is 2. The van der Waals surface area contributed by atoms with E-state index in [1.807, 2.05) is 24.4 Å². The van der Waals surface area contributed by atoms with E-state index in [2.05, 4.69) is 10.3 Å². The molecule has 10 nitrogen and oxygen atoms in total. The molecule has 45 heavy (non-hydrogen) atoms. The van der Waals surface area contributed by atoms with Crippen LogP contribution >= 0.6 is 22.9 Å². The molecule has 1 aliphatic rings. The largest absolute Gasteiger partial charge is 0.486 e. The number of aliphatic hydroxyl groups is 1. The minimum absolute atomic E-state index is 0.0540. The molecule has 0 aliphatic carbocycles. The molecule has 1 aromatic heterocycles. The highest BCUT2D eigenvalue weighted by atomic mass is 35.5. The van der Waals surface area contributed by atoms with Crippen molar-refractivity contribution < 1.29 is 27.9 Å². The van der Waals surface area contributed by atoms with Crippen molar-refractivity contribution in [2.75, 3.05) is 32.1 Å². The number of rotatable bonds is 9. The molecule has 0 saturated carbocycles. The van der Waals surface area contributed by atoms with Crippen LogP contribution in [0.4, 0.5) is 5.69 Å². The summed E-state index contributed by atoms with van der Waals surface area (Å²) in [7, 11) is -2.45. The maximum atomic E-state index is 13.8. The van der Waals surface area contributed by atoms with Gasteiger partial charge >= 0.3 is 0 Å². The normalized spacial score (nSPS) is 17.6. The first-order valence-corrected chi connectivity index (χ1v) is 16.9. The SMILES string of the molecule is C[C@H]1CN([C@@H](C)CO)C(=O)c2cccc(NC(=O)c3ccc(-c4nccs4)cc3)c2O[C@H]1CN(C)S(=O)(=O)c1ccc(Cl)cc1. The van der Waals surface area contributed by atoms with E-state index in [1.165, 1.54) is 47.0 Å². The van der Waals surface area contributed by atoms with E-state index in [-0.39, 0.29) is 53.4 Å². The molecule has 236 valence electrons. The lowest BCUT2D eigenvalue weighted by atomic mass is 9.99. The lowest BCUT2D eigenvalue weighted by Crippen LogP contribution is -2.50. The Labute approximate surface area is 271 Å². The van der Waals surface area contributed by atoms with Gasteiger partial charge in [0.1, 0.15) is 11.1 Å². The van der Waals surface area contributed by atoms with Gasteiger partial charge in [0.2, 0.25) is 10.0 Å². The Morgan fingerprint density at radius 1 is 1.18 bits per heavy atom. The van der Waals surface area contributed by atoms with Crippen LogP contribution in [0.2, 0.25) is 5.02 Å². The van der Waals surface area contributed by atoms with E-state index in [9.17, 15) is 23.1 Å². The van der Waals surface area contributed by atoms with Gasteiger partial charge in [-0.05, 0) is 55.5 Å². The van der Waals surface area contributed by atoms with Crippen molar-refractivity contribution in [3.8, 4) is 16.3 Å². The summed E-state index contributed by atoms with van der Waals surface area (Å²) in [4.78, 5) is 33.1. The number of hydrogen-bond acceptors (Lipinski definition) is 8. The van der Waals surface area contributed by atoms with Crippen molar-refractivity contribution in [2.45, 2.75) is 30.9 Å². The third kappa shape index (κ3) is 7.05. The van der Waals surface area contributed by atoms with Crippen molar-refractivity contribution in [2.24, 2.45) is 5.92 Å². The number of para-hydroxylation sites is 1. The quantitative estimate of drug-likeness (QED) is 0.249. The number of amides is 2. The van der Waals surface area contributed by atoms with Crippen LogP contribution in [-0.4, -0.2) is 78.4 Å². The van der Waals surface area contributed by atoms with E-state index >= 15 is 0 Å². The van der Waals surface area contributed by atoms with E-state index in [0.717, 1.165) is 10.6 Å². The Bertz CT molecular complexity index is 1770. The van der Waals surface area contributed by atoms with Crippen LogP contribution < -0.4 is 10.1 Å². The minimum atomic E-state index is -3.91. The van der Waals surface area contributed by atoms with Gasteiger partial charge in [-0.25, -0.2) is 13.4 Å². The molecule has 0 radical (unpaired) electrons. The number of anilines is 1. The molecule has 2 heterocycles. The highest BCUT2D eigenvalue weighted by Crippen LogP contribution is 2.36. The standard InChI is InChI=1S/C32H33ClN4O6S2/c1-20-17-37(21(2)19-38)32(40)26-5-4-6-27(35-30(39)22-7-9-23(10-8-22)31-34-15-16-44-31)29(26)43-28(20)18-36(3)45(41,42)25-13-11-24(33)12-14-25/h4-16,20-21,28,38H,17-19H2,1-3H3,(H,35,39)/t20-,21-,28-/m0/s1. The second-order valence-corrected chi connectivity index (χ2v) is 14.3. The Morgan fingerprint density at radius 3 is 2.53 bits per heavy atom. The maximum absolute atomic E-state index is 13.8. The number of aromatic nitrogens is 1. The fourth-order valence-electron chi connectivity index (χ4n) is 5.02. The molecule has 3 atom stereocenters. The first-order valence-electron chi connectivity index (χ1n) is 14.2. The fourth-order valence-corrected chi connectivity index (χ4v) is 6.98. The predicted molar refractivity (Wildman–Crippen MR) is 174 cm³/mol.